The standard InChI is InChI=1S/C21H24Cl2N2OS/c22-19-9-4-16(14-20(19)23)15-27-13-10-24-21(26)17-5-7-18(8-6-17)25-11-2-1-3-12-25/h4-9,14H,1-3,10-13,15H2,(H,24,26). The molecule has 1 aliphatic heterocycles. The number of nitrogens with one attached hydrogen (secondary N) is 1. The second-order valence-corrected chi connectivity index (χ2v) is 8.57. The zero-order chi connectivity index (χ0) is 19.1. The Morgan fingerprint density at radius 3 is 2.44 bits per heavy atom. The predicted octanol–water partition coefficient (Wildman–Crippen LogP) is 5.65. The van der Waals surface area contributed by atoms with Gasteiger partial charge in [0.1, 0.15) is 0 Å². The lowest BCUT2D eigenvalue weighted by Crippen LogP contribution is -2.29. The molecule has 3 rings (SSSR count). The molecule has 2 aromatic rings. The van der Waals surface area contributed by atoms with E-state index in [1.807, 2.05) is 30.3 Å². The topological polar surface area (TPSA) is 32.3 Å². The molecule has 0 atom stereocenters. The summed E-state index contributed by atoms with van der Waals surface area (Å²) in [7, 11) is 0. The fraction of sp³-hybridized carbons (Fsp3) is 0.381. The van der Waals surface area contributed by atoms with Gasteiger partial charge in [0.05, 0.1) is 10.0 Å². The Hall–Kier alpha value is -1.36. The summed E-state index contributed by atoms with van der Waals surface area (Å²) in [6.07, 6.45) is 3.82. The van der Waals surface area contributed by atoms with Crippen molar-refractivity contribution in [3.63, 3.8) is 0 Å². The summed E-state index contributed by atoms with van der Waals surface area (Å²) >= 11 is 13.7. The van der Waals surface area contributed by atoms with Crippen LogP contribution in [0.4, 0.5) is 5.69 Å². The van der Waals surface area contributed by atoms with Gasteiger partial charge in [-0.2, -0.15) is 11.8 Å². The van der Waals surface area contributed by atoms with Crippen LogP contribution in [-0.4, -0.2) is 31.3 Å². The molecule has 1 heterocycles. The third-order valence-corrected chi connectivity index (χ3v) is 6.40. The Balaban J connectivity index is 1.39. The first-order valence-corrected chi connectivity index (χ1v) is 11.2. The van der Waals surface area contributed by atoms with E-state index in [1.165, 1.54) is 24.9 Å². The first-order valence-electron chi connectivity index (χ1n) is 9.28. The van der Waals surface area contributed by atoms with E-state index in [0.717, 1.165) is 30.2 Å². The monoisotopic (exact) mass is 422 g/mol. The first-order chi connectivity index (χ1) is 13.1. The van der Waals surface area contributed by atoms with Crippen LogP contribution in [0.15, 0.2) is 42.5 Å². The van der Waals surface area contributed by atoms with Crippen LogP contribution in [0.25, 0.3) is 0 Å². The maximum Gasteiger partial charge on any atom is 0.251 e. The van der Waals surface area contributed by atoms with Gasteiger partial charge in [-0.25, -0.2) is 0 Å². The molecule has 3 nitrogen and oxygen atoms in total. The van der Waals surface area contributed by atoms with Crippen molar-refractivity contribution in [2.75, 3.05) is 30.3 Å². The molecular weight excluding hydrogens is 399 g/mol. The fourth-order valence-electron chi connectivity index (χ4n) is 3.13. The molecule has 1 amide bonds. The van der Waals surface area contributed by atoms with Gasteiger partial charge >= 0.3 is 0 Å². The number of thioether (sulfide) groups is 1. The molecule has 1 aliphatic rings. The Labute approximate surface area is 175 Å². The Kier molecular flexibility index (Phi) is 7.74. The number of anilines is 1. The van der Waals surface area contributed by atoms with Crippen molar-refractivity contribution in [1.29, 1.82) is 0 Å². The number of halogens is 2. The minimum Gasteiger partial charge on any atom is -0.372 e. The normalized spacial score (nSPS) is 14.2. The molecule has 144 valence electrons. The van der Waals surface area contributed by atoms with Gasteiger partial charge < -0.3 is 10.2 Å². The van der Waals surface area contributed by atoms with Gasteiger partial charge in [0.2, 0.25) is 0 Å². The smallest absolute Gasteiger partial charge is 0.251 e. The van der Waals surface area contributed by atoms with Crippen molar-refractivity contribution in [3.8, 4) is 0 Å². The molecule has 0 saturated carbocycles. The van der Waals surface area contributed by atoms with Crippen LogP contribution in [0.2, 0.25) is 10.0 Å². The minimum absolute atomic E-state index is 0.0182. The number of nitrogens with zero attached hydrogens (tertiary/aromatic N) is 1. The van der Waals surface area contributed by atoms with Crippen LogP contribution in [0.1, 0.15) is 35.2 Å². The molecule has 1 N–H and O–H groups in total. The maximum atomic E-state index is 12.3. The highest BCUT2D eigenvalue weighted by Crippen LogP contribution is 2.24. The first kappa shape index (κ1) is 20.4. The predicted molar refractivity (Wildman–Crippen MR) is 117 cm³/mol. The van der Waals surface area contributed by atoms with Crippen molar-refractivity contribution in [2.45, 2.75) is 25.0 Å². The van der Waals surface area contributed by atoms with Crippen LogP contribution >= 0.6 is 35.0 Å². The van der Waals surface area contributed by atoms with Crippen molar-refractivity contribution in [3.05, 3.63) is 63.6 Å². The Morgan fingerprint density at radius 2 is 1.74 bits per heavy atom. The number of benzene rings is 2. The highest BCUT2D eigenvalue weighted by atomic mass is 35.5. The SMILES string of the molecule is O=C(NCCSCc1ccc(Cl)c(Cl)c1)c1ccc(N2CCCCC2)cc1. The lowest BCUT2D eigenvalue weighted by Gasteiger charge is -2.28. The van der Waals surface area contributed by atoms with Crippen molar-refractivity contribution in [1.82, 2.24) is 5.32 Å². The quantitative estimate of drug-likeness (QED) is 0.585. The van der Waals surface area contributed by atoms with Gasteiger partial charge in [-0.15, -0.1) is 0 Å². The summed E-state index contributed by atoms with van der Waals surface area (Å²) in [5, 5.41) is 4.14. The average Bonchev–Trinajstić information content (AvgIpc) is 2.71. The zero-order valence-electron chi connectivity index (χ0n) is 15.2. The molecule has 0 unspecified atom stereocenters. The molecule has 0 radical (unpaired) electrons. The second-order valence-electron chi connectivity index (χ2n) is 6.65. The highest BCUT2D eigenvalue weighted by Gasteiger charge is 2.12. The summed E-state index contributed by atoms with van der Waals surface area (Å²) < 4.78 is 0. The van der Waals surface area contributed by atoms with Crippen molar-refractivity contribution < 1.29 is 4.79 Å². The summed E-state index contributed by atoms with van der Waals surface area (Å²) in [5.41, 5.74) is 3.06. The summed E-state index contributed by atoms with van der Waals surface area (Å²) in [5.74, 6) is 1.67. The van der Waals surface area contributed by atoms with E-state index in [-0.39, 0.29) is 5.91 Å². The molecule has 2 aromatic carbocycles. The summed E-state index contributed by atoms with van der Waals surface area (Å²) in [4.78, 5) is 14.7. The third-order valence-electron chi connectivity index (χ3n) is 4.64. The van der Waals surface area contributed by atoms with Gasteiger partial charge in [0, 0.05) is 42.4 Å². The molecule has 6 heteroatoms. The molecule has 1 fully saturated rings. The number of hydrogen-bond donors (Lipinski definition) is 1. The number of rotatable bonds is 7. The van der Waals surface area contributed by atoms with E-state index in [1.54, 1.807) is 11.8 Å². The van der Waals surface area contributed by atoms with E-state index >= 15 is 0 Å². The maximum absolute atomic E-state index is 12.3. The number of carbonyl (C=O) groups is 1. The average molecular weight is 423 g/mol. The van der Waals surface area contributed by atoms with Gasteiger partial charge in [-0.1, -0.05) is 29.3 Å². The van der Waals surface area contributed by atoms with Crippen molar-refractivity contribution >= 4 is 46.6 Å². The Bertz CT molecular complexity index is 761. The largest absolute Gasteiger partial charge is 0.372 e. The van der Waals surface area contributed by atoms with Gasteiger partial charge in [-0.3, -0.25) is 4.79 Å². The lowest BCUT2D eigenvalue weighted by atomic mass is 10.1. The number of hydrogen-bond acceptors (Lipinski definition) is 3. The lowest BCUT2D eigenvalue weighted by molar-refractivity contribution is 0.0956. The van der Waals surface area contributed by atoms with E-state index in [4.69, 9.17) is 23.2 Å². The van der Waals surface area contributed by atoms with Crippen LogP contribution in [0.5, 0.6) is 0 Å². The molecule has 0 aliphatic carbocycles. The number of amides is 1. The zero-order valence-corrected chi connectivity index (χ0v) is 17.5. The van der Waals surface area contributed by atoms with E-state index in [2.05, 4.69) is 22.3 Å². The molecular formula is C21H24Cl2N2OS. The van der Waals surface area contributed by atoms with Crippen LogP contribution in [-0.2, 0) is 5.75 Å². The molecule has 1 saturated heterocycles. The Morgan fingerprint density at radius 1 is 1.00 bits per heavy atom. The van der Waals surface area contributed by atoms with Crippen molar-refractivity contribution in [2.24, 2.45) is 0 Å². The fourth-order valence-corrected chi connectivity index (χ4v) is 4.26. The van der Waals surface area contributed by atoms with E-state index < -0.39 is 0 Å². The van der Waals surface area contributed by atoms with E-state index in [0.29, 0.717) is 22.2 Å². The third kappa shape index (κ3) is 6.06. The van der Waals surface area contributed by atoms with Crippen LogP contribution < -0.4 is 10.2 Å². The summed E-state index contributed by atoms with van der Waals surface area (Å²) in [6, 6.07) is 13.6. The number of carbonyl (C=O) groups excluding carboxylic acids is 1. The van der Waals surface area contributed by atoms with Crippen LogP contribution in [0, 0.1) is 0 Å². The van der Waals surface area contributed by atoms with Crippen LogP contribution in [0.3, 0.4) is 0 Å². The minimum atomic E-state index is -0.0182. The molecule has 27 heavy (non-hydrogen) atoms. The van der Waals surface area contributed by atoms with Gasteiger partial charge in [0.15, 0.2) is 0 Å². The summed E-state index contributed by atoms with van der Waals surface area (Å²) in [6.45, 7) is 2.86. The molecule has 0 bridgehead atoms. The van der Waals surface area contributed by atoms with Gasteiger partial charge in [0.25, 0.3) is 5.91 Å². The molecule has 0 spiro atoms. The highest BCUT2D eigenvalue weighted by molar-refractivity contribution is 7.98. The van der Waals surface area contributed by atoms with Gasteiger partial charge in [-0.05, 0) is 61.2 Å². The van der Waals surface area contributed by atoms with E-state index in [9.17, 15) is 4.79 Å². The second kappa shape index (κ2) is 10.3. The molecule has 0 aromatic heterocycles. The number of piperidine rings is 1.